The molecule has 1 aromatic rings. The fourth-order valence-electron chi connectivity index (χ4n) is 3.18. The minimum absolute atomic E-state index is 0.368. The maximum atomic E-state index is 5.79. The summed E-state index contributed by atoms with van der Waals surface area (Å²) in [6.45, 7) is 4.80. The first kappa shape index (κ1) is 16.2. The lowest BCUT2D eigenvalue weighted by Gasteiger charge is -2.33. The summed E-state index contributed by atoms with van der Waals surface area (Å²) < 4.78 is 5.44. The predicted molar refractivity (Wildman–Crippen MR) is 92.8 cm³/mol. The van der Waals surface area contributed by atoms with Gasteiger partial charge in [0.05, 0.1) is 12.6 Å². The smallest absolute Gasteiger partial charge is 0.123 e. The molecule has 3 heterocycles. The molecule has 0 unspecified atom stereocenters. The minimum Gasteiger partial charge on any atom is -0.384 e. The highest BCUT2D eigenvalue weighted by atomic mass is 16.5. The van der Waals surface area contributed by atoms with Gasteiger partial charge in [-0.15, -0.1) is 0 Å². The number of aromatic nitrogens is 1. The standard InChI is InChI=1S/C17H27N5O/c1-19-17(20-11-14-7-10-23-14)12-22-8-5-13(6-9-22)15-3-2-4-16(18)21-15/h2-4,13-14H,5-12H2,1H3,(H2,18,21)(H,19,20)/t14-/m0/s1. The molecule has 1 aromatic heterocycles. The second-order valence-corrected chi connectivity index (χ2v) is 6.37. The predicted octanol–water partition coefficient (Wildman–Crippen LogP) is 1.25. The second-order valence-electron chi connectivity index (χ2n) is 6.37. The van der Waals surface area contributed by atoms with Gasteiger partial charge in [-0.25, -0.2) is 4.98 Å². The molecule has 3 rings (SSSR count). The van der Waals surface area contributed by atoms with Crippen molar-refractivity contribution in [3.63, 3.8) is 0 Å². The summed E-state index contributed by atoms with van der Waals surface area (Å²) in [5.74, 6) is 2.20. The summed E-state index contributed by atoms with van der Waals surface area (Å²) in [6.07, 6.45) is 3.77. The van der Waals surface area contributed by atoms with Gasteiger partial charge in [-0.3, -0.25) is 9.89 Å². The number of nitrogens with zero attached hydrogens (tertiary/aromatic N) is 3. The normalized spacial score (nSPS) is 23.5. The molecule has 23 heavy (non-hydrogen) atoms. The van der Waals surface area contributed by atoms with Gasteiger partial charge in [0.25, 0.3) is 0 Å². The van der Waals surface area contributed by atoms with Crippen molar-refractivity contribution in [1.29, 1.82) is 0 Å². The summed E-state index contributed by atoms with van der Waals surface area (Å²) in [6, 6.07) is 5.94. The number of nitrogens with two attached hydrogens (primary N) is 1. The van der Waals surface area contributed by atoms with E-state index in [9.17, 15) is 0 Å². The molecule has 126 valence electrons. The molecule has 2 saturated heterocycles. The SMILES string of the molecule is C/N=C(/CN1CCC(c2cccc(N)n2)CC1)NC[C@@H]1CCO1. The Bertz CT molecular complexity index is 536. The largest absolute Gasteiger partial charge is 0.384 e. The number of nitrogens with one attached hydrogen (secondary N) is 1. The van der Waals surface area contributed by atoms with Crippen LogP contribution in [0.25, 0.3) is 0 Å². The number of ether oxygens (including phenoxy) is 1. The topological polar surface area (TPSA) is 75.8 Å². The number of piperidine rings is 1. The van der Waals surface area contributed by atoms with Crippen LogP contribution in [0.5, 0.6) is 0 Å². The van der Waals surface area contributed by atoms with E-state index in [0.29, 0.717) is 17.8 Å². The van der Waals surface area contributed by atoms with Crippen molar-refractivity contribution >= 4 is 11.7 Å². The average Bonchev–Trinajstić information content (AvgIpc) is 2.53. The zero-order chi connectivity index (χ0) is 16.1. The van der Waals surface area contributed by atoms with Crippen LogP contribution >= 0.6 is 0 Å². The van der Waals surface area contributed by atoms with Gasteiger partial charge < -0.3 is 15.8 Å². The van der Waals surface area contributed by atoms with Gasteiger partial charge in [0.15, 0.2) is 0 Å². The van der Waals surface area contributed by atoms with E-state index in [2.05, 4.69) is 26.3 Å². The van der Waals surface area contributed by atoms with Crippen molar-refractivity contribution in [2.75, 3.05) is 45.6 Å². The van der Waals surface area contributed by atoms with Crippen LogP contribution < -0.4 is 11.1 Å². The molecule has 2 aliphatic rings. The maximum Gasteiger partial charge on any atom is 0.123 e. The zero-order valence-electron chi connectivity index (χ0n) is 13.9. The summed E-state index contributed by atoms with van der Waals surface area (Å²) >= 11 is 0. The lowest BCUT2D eigenvalue weighted by Crippen LogP contribution is -2.45. The summed E-state index contributed by atoms with van der Waals surface area (Å²) in [5.41, 5.74) is 6.93. The number of aliphatic imine (C=N–C) groups is 1. The van der Waals surface area contributed by atoms with E-state index >= 15 is 0 Å². The van der Waals surface area contributed by atoms with E-state index in [1.165, 1.54) is 0 Å². The summed E-state index contributed by atoms with van der Waals surface area (Å²) in [4.78, 5) is 11.3. The van der Waals surface area contributed by atoms with Crippen LogP contribution in [0, 0.1) is 0 Å². The number of amidine groups is 1. The van der Waals surface area contributed by atoms with E-state index in [1.807, 2.05) is 19.2 Å². The molecule has 1 atom stereocenters. The summed E-state index contributed by atoms with van der Waals surface area (Å²) in [7, 11) is 1.85. The highest BCUT2D eigenvalue weighted by Crippen LogP contribution is 2.26. The molecule has 2 fully saturated rings. The average molecular weight is 317 g/mol. The Hall–Kier alpha value is -1.66. The van der Waals surface area contributed by atoms with Crippen LogP contribution in [0.3, 0.4) is 0 Å². The molecule has 0 aliphatic carbocycles. The zero-order valence-corrected chi connectivity index (χ0v) is 13.9. The van der Waals surface area contributed by atoms with Crippen LogP contribution in [0.15, 0.2) is 23.2 Å². The highest BCUT2D eigenvalue weighted by molar-refractivity contribution is 5.84. The van der Waals surface area contributed by atoms with Crippen molar-refractivity contribution in [3.8, 4) is 0 Å². The fourth-order valence-corrected chi connectivity index (χ4v) is 3.18. The second kappa shape index (κ2) is 7.75. The van der Waals surface area contributed by atoms with E-state index in [4.69, 9.17) is 10.5 Å². The Balaban J connectivity index is 1.44. The van der Waals surface area contributed by atoms with Crippen LogP contribution in [-0.2, 0) is 4.74 Å². The third-order valence-corrected chi connectivity index (χ3v) is 4.77. The molecule has 0 bridgehead atoms. The van der Waals surface area contributed by atoms with Crippen molar-refractivity contribution in [1.82, 2.24) is 15.2 Å². The van der Waals surface area contributed by atoms with E-state index in [-0.39, 0.29) is 0 Å². The van der Waals surface area contributed by atoms with E-state index < -0.39 is 0 Å². The number of hydrogen-bond donors (Lipinski definition) is 2. The molecule has 0 spiro atoms. The Morgan fingerprint density at radius 3 is 2.78 bits per heavy atom. The molecule has 0 amide bonds. The monoisotopic (exact) mass is 317 g/mol. The first-order chi connectivity index (χ1) is 11.2. The molecule has 0 radical (unpaired) electrons. The number of hydrogen-bond acceptors (Lipinski definition) is 5. The Morgan fingerprint density at radius 2 is 2.17 bits per heavy atom. The quantitative estimate of drug-likeness (QED) is 0.631. The number of rotatable bonds is 5. The lowest BCUT2D eigenvalue weighted by atomic mass is 9.93. The van der Waals surface area contributed by atoms with Crippen LogP contribution in [0.2, 0.25) is 0 Å². The number of anilines is 1. The van der Waals surface area contributed by atoms with E-state index in [1.54, 1.807) is 0 Å². The van der Waals surface area contributed by atoms with Gasteiger partial charge in [-0.2, -0.15) is 0 Å². The Kier molecular flexibility index (Phi) is 5.46. The maximum absolute atomic E-state index is 5.79. The molecule has 0 aromatic carbocycles. The third-order valence-electron chi connectivity index (χ3n) is 4.77. The molecular weight excluding hydrogens is 290 g/mol. The first-order valence-corrected chi connectivity index (χ1v) is 8.50. The first-order valence-electron chi connectivity index (χ1n) is 8.50. The molecule has 2 aliphatic heterocycles. The van der Waals surface area contributed by atoms with Gasteiger partial charge in [0.2, 0.25) is 0 Å². The molecule has 3 N–H and O–H groups in total. The Morgan fingerprint density at radius 1 is 1.39 bits per heavy atom. The van der Waals surface area contributed by atoms with Crippen molar-refractivity contribution < 1.29 is 4.74 Å². The van der Waals surface area contributed by atoms with Gasteiger partial charge in [-0.05, 0) is 44.5 Å². The third kappa shape index (κ3) is 4.42. The minimum atomic E-state index is 0.368. The molecular formula is C17H27N5O. The van der Waals surface area contributed by atoms with Crippen LogP contribution in [0.1, 0.15) is 30.9 Å². The van der Waals surface area contributed by atoms with Crippen molar-refractivity contribution in [2.24, 2.45) is 4.99 Å². The van der Waals surface area contributed by atoms with Crippen molar-refractivity contribution in [3.05, 3.63) is 23.9 Å². The van der Waals surface area contributed by atoms with Gasteiger partial charge in [0.1, 0.15) is 11.7 Å². The number of likely N-dealkylation sites (tertiary alicyclic amines) is 1. The van der Waals surface area contributed by atoms with Crippen molar-refractivity contribution in [2.45, 2.75) is 31.3 Å². The summed E-state index contributed by atoms with van der Waals surface area (Å²) in [5, 5.41) is 3.42. The molecule has 6 nitrogen and oxygen atoms in total. The highest BCUT2D eigenvalue weighted by Gasteiger charge is 2.23. The van der Waals surface area contributed by atoms with Gasteiger partial charge in [0, 0.05) is 31.8 Å². The van der Waals surface area contributed by atoms with Crippen LogP contribution in [-0.4, -0.2) is 61.7 Å². The Labute approximate surface area is 138 Å². The van der Waals surface area contributed by atoms with Crippen LogP contribution in [0.4, 0.5) is 5.82 Å². The van der Waals surface area contributed by atoms with Gasteiger partial charge >= 0.3 is 0 Å². The number of pyridine rings is 1. The van der Waals surface area contributed by atoms with E-state index in [0.717, 1.165) is 63.6 Å². The molecule has 6 heteroatoms. The van der Waals surface area contributed by atoms with Gasteiger partial charge in [-0.1, -0.05) is 6.07 Å². The lowest BCUT2D eigenvalue weighted by molar-refractivity contribution is -0.0461. The number of nitrogen functional groups attached to an aromatic ring is 1. The fraction of sp³-hybridized carbons (Fsp3) is 0.647. The molecule has 0 saturated carbocycles.